The summed E-state index contributed by atoms with van der Waals surface area (Å²) in [5.41, 5.74) is 1.13. The first-order valence-corrected chi connectivity index (χ1v) is 6.33. The van der Waals surface area contributed by atoms with E-state index in [1.807, 2.05) is 0 Å². The SMILES string of the molecule is COc1ccc(Cl)cc1C(=O)/C=C/c1cccc(O)c1. The smallest absolute Gasteiger partial charge is 0.189 e. The van der Waals surface area contributed by atoms with Crippen molar-refractivity contribution in [1.82, 2.24) is 0 Å². The first kappa shape index (κ1) is 14.2. The zero-order valence-electron chi connectivity index (χ0n) is 10.8. The highest BCUT2D eigenvalue weighted by molar-refractivity contribution is 6.31. The maximum Gasteiger partial charge on any atom is 0.189 e. The number of hydrogen-bond acceptors (Lipinski definition) is 3. The summed E-state index contributed by atoms with van der Waals surface area (Å²) in [6.45, 7) is 0. The third-order valence-corrected chi connectivity index (χ3v) is 2.96. The topological polar surface area (TPSA) is 46.5 Å². The molecule has 0 unspecified atom stereocenters. The predicted molar refractivity (Wildman–Crippen MR) is 79.5 cm³/mol. The molecule has 0 aromatic heterocycles. The number of phenolic OH excluding ortho intramolecular Hbond substituents is 1. The molecule has 20 heavy (non-hydrogen) atoms. The van der Waals surface area contributed by atoms with E-state index in [1.54, 1.807) is 48.5 Å². The van der Waals surface area contributed by atoms with Gasteiger partial charge in [0.1, 0.15) is 11.5 Å². The molecule has 1 N–H and O–H groups in total. The number of rotatable bonds is 4. The summed E-state index contributed by atoms with van der Waals surface area (Å²) in [5, 5.41) is 9.83. The molecule has 0 saturated heterocycles. The molecule has 2 aromatic carbocycles. The minimum absolute atomic E-state index is 0.153. The van der Waals surface area contributed by atoms with E-state index < -0.39 is 0 Å². The van der Waals surface area contributed by atoms with Crippen LogP contribution in [-0.2, 0) is 0 Å². The van der Waals surface area contributed by atoms with Crippen molar-refractivity contribution in [3.8, 4) is 11.5 Å². The molecule has 0 fully saturated rings. The van der Waals surface area contributed by atoms with Crippen molar-refractivity contribution >= 4 is 23.5 Å². The van der Waals surface area contributed by atoms with Gasteiger partial charge in [-0.2, -0.15) is 0 Å². The lowest BCUT2D eigenvalue weighted by molar-refractivity contribution is 0.104. The lowest BCUT2D eigenvalue weighted by Crippen LogP contribution is -1.98. The first-order chi connectivity index (χ1) is 9.60. The van der Waals surface area contributed by atoms with Gasteiger partial charge in [0.25, 0.3) is 0 Å². The molecule has 0 atom stereocenters. The second-order valence-corrected chi connectivity index (χ2v) is 4.57. The number of halogens is 1. The van der Waals surface area contributed by atoms with Crippen molar-refractivity contribution in [3.63, 3.8) is 0 Å². The minimum atomic E-state index is -0.215. The Labute approximate surface area is 122 Å². The molecule has 102 valence electrons. The van der Waals surface area contributed by atoms with E-state index in [0.717, 1.165) is 5.56 Å². The van der Waals surface area contributed by atoms with Crippen molar-refractivity contribution < 1.29 is 14.6 Å². The molecular weight excluding hydrogens is 276 g/mol. The van der Waals surface area contributed by atoms with Gasteiger partial charge in [-0.15, -0.1) is 0 Å². The van der Waals surface area contributed by atoms with Gasteiger partial charge in [0.05, 0.1) is 12.7 Å². The quantitative estimate of drug-likeness (QED) is 0.684. The van der Waals surface area contributed by atoms with E-state index >= 15 is 0 Å². The fourth-order valence-electron chi connectivity index (χ4n) is 1.76. The normalized spacial score (nSPS) is 10.7. The molecule has 2 rings (SSSR count). The van der Waals surface area contributed by atoms with E-state index in [9.17, 15) is 9.90 Å². The number of aromatic hydroxyl groups is 1. The second-order valence-electron chi connectivity index (χ2n) is 4.14. The fourth-order valence-corrected chi connectivity index (χ4v) is 1.94. The van der Waals surface area contributed by atoms with Crippen molar-refractivity contribution in [1.29, 1.82) is 0 Å². The van der Waals surface area contributed by atoms with Crippen LogP contribution in [0.15, 0.2) is 48.5 Å². The number of hydrogen-bond donors (Lipinski definition) is 1. The number of benzene rings is 2. The Kier molecular flexibility index (Phi) is 4.43. The molecule has 0 aliphatic carbocycles. The molecule has 2 aromatic rings. The Morgan fingerprint density at radius 2 is 2.05 bits per heavy atom. The highest BCUT2D eigenvalue weighted by Gasteiger charge is 2.10. The van der Waals surface area contributed by atoms with Crippen LogP contribution >= 0.6 is 11.6 Å². The summed E-state index contributed by atoms with van der Waals surface area (Å²) in [4.78, 5) is 12.1. The van der Waals surface area contributed by atoms with Crippen molar-refractivity contribution in [2.45, 2.75) is 0 Å². The second kappa shape index (κ2) is 6.26. The summed E-state index contributed by atoms with van der Waals surface area (Å²) >= 11 is 5.89. The zero-order valence-corrected chi connectivity index (χ0v) is 11.6. The van der Waals surface area contributed by atoms with Crippen LogP contribution in [0, 0.1) is 0 Å². The third kappa shape index (κ3) is 3.39. The average molecular weight is 289 g/mol. The van der Waals surface area contributed by atoms with Gasteiger partial charge in [0.15, 0.2) is 5.78 Å². The van der Waals surface area contributed by atoms with Gasteiger partial charge in [-0.1, -0.05) is 29.8 Å². The molecule has 0 radical (unpaired) electrons. The summed E-state index contributed by atoms with van der Waals surface area (Å²) in [7, 11) is 1.50. The monoisotopic (exact) mass is 288 g/mol. The summed E-state index contributed by atoms with van der Waals surface area (Å²) in [5.74, 6) is 0.410. The highest BCUT2D eigenvalue weighted by atomic mass is 35.5. The number of methoxy groups -OCH3 is 1. The van der Waals surface area contributed by atoms with Crippen molar-refractivity contribution in [2.75, 3.05) is 7.11 Å². The maximum absolute atomic E-state index is 12.1. The molecule has 0 saturated carbocycles. The van der Waals surface area contributed by atoms with Crippen LogP contribution in [0.4, 0.5) is 0 Å². The summed E-state index contributed by atoms with van der Waals surface area (Å²) in [6.07, 6.45) is 3.05. The molecule has 0 spiro atoms. The largest absolute Gasteiger partial charge is 0.508 e. The molecule has 0 aliphatic heterocycles. The van der Waals surface area contributed by atoms with Gasteiger partial charge >= 0.3 is 0 Å². The van der Waals surface area contributed by atoms with E-state index in [1.165, 1.54) is 13.2 Å². The molecular formula is C16H13ClO3. The van der Waals surface area contributed by atoms with Gasteiger partial charge < -0.3 is 9.84 Å². The van der Waals surface area contributed by atoms with Crippen LogP contribution in [0.1, 0.15) is 15.9 Å². The van der Waals surface area contributed by atoms with Crippen LogP contribution in [0.5, 0.6) is 11.5 Å². The highest BCUT2D eigenvalue weighted by Crippen LogP contribution is 2.23. The summed E-state index contributed by atoms with van der Waals surface area (Å²) in [6, 6.07) is 11.5. The maximum atomic E-state index is 12.1. The molecule has 0 heterocycles. The Bertz CT molecular complexity index is 663. The van der Waals surface area contributed by atoms with E-state index in [0.29, 0.717) is 16.3 Å². The lowest BCUT2D eigenvalue weighted by Gasteiger charge is -2.05. The van der Waals surface area contributed by atoms with Gasteiger partial charge in [0, 0.05) is 5.02 Å². The number of ether oxygens (including phenoxy) is 1. The molecule has 3 nitrogen and oxygen atoms in total. The van der Waals surface area contributed by atoms with Gasteiger partial charge in [0.2, 0.25) is 0 Å². The van der Waals surface area contributed by atoms with Crippen LogP contribution in [0.25, 0.3) is 6.08 Å². The first-order valence-electron chi connectivity index (χ1n) is 5.95. The van der Waals surface area contributed by atoms with E-state index in [4.69, 9.17) is 16.3 Å². The van der Waals surface area contributed by atoms with Crippen LogP contribution < -0.4 is 4.74 Å². The Morgan fingerprint density at radius 3 is 2.75 bits per heavy atom. The summed E-state index contributed by atoms with van der Waals surface area (Å²) < 4.78 is 5.14. The van der Waals surface area contributed by atoms with Gasteiger partial charge in [-0.3, -0.25) is 4.79 Å². The van der Waals surface area contributed by atoms with Gasteiger partial charge in [-0.05, 0) is 42.0 Å². The zero-order chi connectivity index (χ0) is 14.5. The Morgan fingerprint density at radius 1 is 1.25 bits per heavy atom. The molecule has 0 bridgehead atoms. The molecule has 0 aliphatic rings. The molecule has 4 heteroatoms. The third-order valence-electron chi connectivity index (χ3n) is 2.72. The number of ketones is 1. The standard InChI is InChI=1S/C16H13ClO3/c1-20-16-8-6-12(17)10-14(16)15(19)7-5-11-3-2-4-13(18)9-11/h2-10,18H,1H3/b7-5+. The van der Waals surface area contributed by atoms with Crippen LogP contribution in [-0.4, -0.2) is 18.0 Å². The lowest BCUT2D eigenvalue weighted by atomic mass is 10.1. The number of phenols is 1. The number of allylic oxidation sites excluding steroid dienone is 1. The Hall–Kier alpha value is -2.26. The van der Waals surface area contributed by atoms with E-state index in [2.05, 4.69) is 0 Å². The van der Waals surface area contributed by atoms with Crippen molar-refractivity contribution in [2.24, 2.45) is 0 Å². The molecule has 0 amide bonds. The van der Waals surface area contributed by atoms with Crippen LogP contribution in [0.2, 0.25) is 5.02 Å². The minimum Gasteiger partial charge on any atom is -0.508 e. The number of carbonyl (C=O) groups excluding carboxylic acids is 1. The number of carbonyl (C=O) groups is 1. The van der Waals surface area contributed by atoms with Crippen molar-refractivity contribution in [3.05, 3.63) is 64.7 Å². The fraction of sp³-hybridized carbons (Fsp3) is 0.0625. The average Bonchev–Trinajstić information content (AvgIpc) is 2.45. The van der Waals surface area contributed by atoms with Crippen LogP contribution in [0.3, 0.4) is 0 Å². The predicted octanol–water partition coefficient (Wildman–Crippen LogP) is 3.95. The van der Waals surface area contributed by atoms with E-state index in [-0.39, 0.29) is 11.5 Å². The Balaban J connectivity index is 2.26. The van der Waals surface area contributed by atoms with Gasteiger partial charge in [-0.25, -0.2) is 0 Å².